The van der Waals surface area contributed by atoms with Crippen molar-refractivity contribution in [1.82, 2.24) is 5.32 Å². The molecule has 0 aliphatic rings. The van der Waals surface area contributed by atoms with Gasteiger partial charge in [0.1, 0.15) is 5.82 Å². The van der Waals surface area contributed by atoms with E-state index in [1.54, 1.807) is 6.92 Å². The third-order valence-electron chi connectivity index (χ3n) is 2.77. The molecule has 0 heterocycles. The molecule has 0 saturated carbocycles. The topological polar surface area (TPSA) is 32.3 Å². The number of hydrogen-bond donors (Lipinski definition) is 2. The molecule has 1 aromatic rings. The van der Waals surface area contributed by atoms with Gasteiger partial charge in [0.2, 0.25) is 0 Å². The maximum atomic E-state index is 13.2. The van der Waals surface area contributed by atoms with Gasteiger partial charge in [0.05, 0.1) is 5.60 Å². The first-order valence-corrected chi connectivity index (χ1v) is 7.10. The first-order valence-electron chi connectivity index (χ1n) is 6.31. The summed E-state index contributed by atoms with van der Waals surface area (Å²) in [7, 11) is 0. The smallest absolute Gasteiger partial charge is 0.124 e. The summed E-state index contributed by atoms with van der Waals surface area (Å²) in [4.78, 5) is 0. The van der Waals surface area contributed by atoms with Crippen LogP contribution < -0.4 is 5.32 Å². The standard InChI is InChI=1S/C14H21BrFNO/c1-3-5-17-6-4-14(2,18)10-11-7-12(15)9-13(16)8-11/h7-9,17-18H,3-6,10H2,1-2H3. The Hall–Kier alpha value is -0.450. The molecule has 102 valence electrons. The minimum Gasteiger partial charge on any atom is -0.390 e. The van der Waals surface area contributed by atoms with Gasteiger partial charge in [-0.2, -0.15) is 0 Å². The Bertz CT molecular complexity index is 362. The highest BCUT2D eigenvalue weighted by Gasteiger charge is 2.20. The molecule has 0 saturated heterocycles. The summed E-state index contributed by atoms with van der Waals surface area (Å²) in [5.41, 5.74) is -0.00379. The molecule has 0 fully saturated rings. The van der Waals surface area contributed by atoms with Crippen molar-refractivity contribution in [3.05, 3.63) is 34.1 Å². The second-order valence-corrected chi connectivity index (χ2v) is 5.87. The van der Waals surface area contributed by atoms with Gasteiger partial charge >= 0.3 is 0 Å². The van der Waals surface area contributed by atoms with Crippen LogP contribution in [0.5, 0.6) is 0 Å². The molecule has 0 bridgehead atoms. The number of benzene rings is 1. The van der Waals surface area contributed by atoms with Crippen molar-refractivity contribution in [2.24, 2.45) is 0 Å². The van der Waals surface area contributed by atoms with Crippen molar-refractivity contribution < 1.29 is 9.50 Å². The summed E-state index contributed by atoms with van der Waals surface area (Å²) in [6, 6.07) is 4.73. The van der Waals surface area contributed by atoms with Crippen molar-refractivity contribution in [3.8, 4) is 0 Å². The van der Waals surface area contributed by atoms with Crippen molar-refractivity contribution in [1.29, 1.82) is 0 Å². The number of halogens is 2. The highest BCUT2D eigenvalue weighted by molar-refractivity contribution is 9.10. The van der Waals surface area contributed by atoms with Gasteiger partial charge in [0.15, 0.2) is 0 Å². The van der Waals surface area contributed by atoms with Crippen molar-refractivity contribution in [2.45, 2.75) is 38.7 Å². The molecule has 1 rings (SSSR count). The lowest BCUT2D eigenvalue weighted by molar-refractivity contribution is 0.0515. The fourth-order valence-electron chi connectivity index (χ4n) is 1.90. The van der Waals surface area contributed by atoms with Crippen LogP contribution in [0.1, 0.15) is 32.3 Å². The second-order valence-electron chi connectivity index (χ2n) is 4.95. The lowest BCUT2D eigenvalue weighted by atomic mass is 9.93. The molecular formula is C14H21BrFNO. The van der Waals surface area contributed by atoms with E-state index in [1.807, 2.05) is 6.07 Å². The van der Waals surface area contributed by atoms with E-state index in [9.17, 15) is 9.50 Å². The minimum absolute atomic E-state index is 0.278. The maximum Gasteiger partial charge on any atom is 0.124 e. The summed E-state index contributed by atoms with van der Waals surface area (Å²) >= 11 is 3.26. The van der Waals surface area contributed by atoms with Crippen LogP contribution in [-0.2, 0) is 6.42 Å². The zero-order chi connectivity index (χ0) is 13.6. The lowest BCUT2D eigenvalue weighted by Gasteiger charge is -2.23. The molecule has 1 atom stereocenters. The zero-order valence-corrected chi connectivity index (χ0v) is 12.6. The first kappa shape index (κ1) is 15.6. The summed E-state index contributed by atoms with van der Waals surface area (Å²) in [6.45, 7) is 5.63. The molecule has 0 amide bonds. The van der Waals surface area contributed by atoms with Gasteiger partial charge in [-0.3, -0.25) is 0 Å². The number of nitrogens with one attached hydrogen (secondary N) is 1. The van der Waals surface area contributed by atoms with Crippen molar-refractivity contribution in [2.75, 3.05) is 13.1 Å². The van der Waals surface area contributed by atoms with Gasteiger partial charge in [-0.05, 0) is 56.6 Å². The molecule has 2 N–H and O–H groups in total. The SMILES string of the molecule is CCCNCCC(C)(O)Cc1cc(F)cc(Br)c1. The molecule has 0 aliphatic heterocycles. The summed E-state index contributed by atoms with van der Waals surface area (Å²) < 4.78 is 13.9. The Labute approximate surface area is 117 Å². The summed E-state index contributed by atoms with van der Waals surface area (Å²) in [5.74, 6) is -0.278. The van der Waals surface area contributed by atoms with E-state index in [1.165, 1.54) is 12.1 Å². The molecular weight excluding hydrogens is 297 g/mol. The predicted molar refractivity (Wildman–Crippen MR) is 76.2 cm³/mol. The molecule has 0 spiro atoms. The van der Waals surface area contributed by atoms with Gasteiger partial charge in [0, 0.05) is 10.9 Å². The van der Waals surface area contributed by atoms with E-state index in [0.717, 1.165) is 25.1 Å². The second kappa shape index (κ2) is 7.22. The van der Waals surface area contributed by atoms with Crippen molar-refractivity contribution >= 4 is 15.9 Å². The maximum absolute atomic E-state index is 13.2. The number of rotatable bonds is 7. The predicted octanol–water partition coefficient (Wildman–Crippen LogP) is 3.27. The Balaban J connectivity index is 2.53. The normalized spacial score (nSPS) is 14.5. The molecule has 0 aliphatic carbocycles. The third-order valence-corrected chi connectivity index (χ3v) is 3.23. The quantitative estimate of drug-likeness (QED) is 0.756. The molecule has 1 unspecified atom stereocenters. The van der Waals surface area contributed by atoms with Gasteiger partial charge in [0.25, 0.3) is 0 Å². The Kier molecular flexibility index (Phi) is 6.26. The van der Waals surface area contributed by atoms with Crippen LogP contribution in [0, 0.1) is 5.82 Å². The van der Waals surface area contributed by atoms with Crippen LogP contribution in [-0.4, -0.2) is 23.8 Å². The molecule has 4 heteroatoms. The van der Waals surface area contributed by atoms with Gasteiger partial charge in [-0.25, -0.2) is 4.39 Å². The minimum atomic E-state index is -0.812. The molecule has 0 radical (unpaired) electrons. The van der Waals surface area contributed by atoms with Crippen LogP contribution in [0.25, 0.3) is 0 Å². The van der Waals surface area contributed by atoms with Crippen LogP contribution in [0.2, 0.25) is 0 Å². The average molecular weight is 318 g/mol. The highest BCUT2D eigenvalue weighted by Crippen LogP contribution is 2.21. The molecule has 18 heavy (non-hydrogen) atoms. The third kappa shape index (κ3) is 5.94. The van der Waals surface area contributed by atoms with Gasteiger partial charge in [-0.1, -0.05) is 22.9 Å². The first-order chi connectivity index (χ1) is 8.43. The molecule has 1 aromatic carbocycles. The molecule has 2 nitrogen and oxygen atoms in total. The Morgan fingerprint density at radius 3 is 2.67 bits per heavy atom. The monoisotopic (exact) mass is 317 g/mol. The van der Waals surface area contributed by atoms with E-state index in [-0.39, 0.29) is 5.82 Å². The highest BCUT2D eigenvalue weighted by atomic mass is 79.9. The van der Waals surface area contributed by atoms with E-state index in [4.69, 9.17) is 0 Å². The fraction of sp³-hybridized carbons (Fsp3) is 0.571. The van der Waals surface area contributed by atoms with Gasteiger partial charge in [-0.15, -0.1) is 0 Å². The van der Waals surface area contributed by atoms with Crippen molar-refractivity contribution in [3.63, 3.8) is 0 Å². The van der Waals surface area contributed by atoms with Crippen LogP contribution in [0.15, 0.2) is 22.7 Å². The van der Waals surface area contributed by atoms with E-state index < -0.39 is 5.60 Å². The van der Waals surface area contributed by atoms with Crippen LogP contribution in [0.3, 0.4) is 0 Å². The number of hydrogen-bond acceptors (Lipinski definition) is 2. The van der Waals surface area contributed by atoms with E-state index in [0.29, 0.717) is 17.3 Å². The van der Waals surface area contributed by atoms with Crippen LogP contribution in [0.4, 0.5) is 4.39 Å². The van der Waals surface area contributed by atoms with Crippen LogP contribution >= 0.6 is 15.9 Å². The largest absolute Gasteiger partial charge is 0.390 e. The average Bonchev–Trinajstić information content (AvgIpc) is 2.22. The summed E-state index contributed by atoms with van der Waals surface area (Å²) in [6.07, 6.45) is 2.19. The lowest BCUT2D eigenvalue weighted by Crippen LogP contribution is -2.32. The Morgan fingerprint density at radius 2 is 2.06 bits per heavy atom. The van der Waals surface area contributed by atoms with Gasteiger partial charge < -0.3 is 10.4 Å². The van der Waals surface area contributed by atoms with E-state index in [2.05, 4.69) is 28.2 Å². The summed E-state index contributed by atoms with van der Waals surface area (Å²) in [5, 5.41) is 13.5. The van der Waals surface area contributed by atoms with E-state index >= 15 is 0 Å². The number of aliphatic hydroxyl groups is 1. The molecule has 0 aromatic heterocycles. The fourth-order valence-corrected chi connectivity index (χ4v) is 2.41. The zero-order valence-electron chi connectivity index (χ0n) is 11.0. The Morgan fingerprint density at radius 1 is 1.33 bits per heavy atom.